The van der Waals surface area contributed by atoms with Crippen LogP contribution < -0.4 is 4.72 Å². The van der Waals surface area contributed by atoms with Gasteiger partial charge in [0.25, 0.3) is 0 Å². The number of rotatable bonds is 5. The molecule has 0 aliphatic heterocycles. The molecule has 1 aromatic rings. The van der Waals surface area contributed by atoms with E-state index in [4.69, 9.17) is 11.6 Å². The minimum atomic E-state index is -3.45. The second-order valence-electron chi connectivity index (χ2n) is 4.13. The zero-order valence-corrected chi connectivity index (χ0v) is 11.9. The zero-order valence-electron chi connectivity index (χ0n) is 10.3. The van der Waals surface area contributed by atoms with E-state index in [1.165, 1.54) is 0 Å². The summed E-state index contributed by atoms with van der Waals surface area (Å²) in [4.78, 5) is 0.322. The lowest BCUT2D eigenvalue weighted by Gasteiger charge is -2.11. The lowest BCUT2D eigenvalue weighted by molar-refractivity contribution is 0.578. The highest BCUT2D eigenvalue weighted by Crippen LogP contribution is 2.16. The monoisotopic (exact) mass is 275 g/mol. The largest absolute Gasteiger partial charge is 0.240 e. The summed E-state index contributed by atoms with van der Waals surface area (Å²) in [6, 6.07) is 5.27. The molecule has 0 amide bonds. The highest BCUT2D eigenvalue weighted by atomic mass is 35.5. The third-order valence-corrected chi connectivity index (χ3v) is 4.60. The molecular formula is C12H18ClNO2S. The van der Waals surface area contributed by atoms with Crippen LogP contribution in [0.25, 0.3) is 0 Å². The lowest BCUT2D eigenvalue weighted by Crippen LogP contribution is -2.30. The Morgan fingerprint density at radius 3 is 2.53 bits per heavy atom. The summed E-state index contributed by atoms with van der Waals surface area (Å²) in [5, 5.41) is -0.171. The Labute approximate surface area is 108 Å². The summed E-state index contributed by atoms with van der Waals surface area (Å²) in [6.45, 7) is 5.90. The molecule has 0 fully saturated rings. The van der Waals surface area contributed by atoms with E-state index in [1.807, 2.05) is 19.9 Å². The summed E-state index contributed by atoms with van der Waals surface area (Å²) in [7, 11) is -3.45. The van der Waals surface area contributed by atoms with Crippen molar-refractivity contribution in [3.05, 3.63) is 29.3 Å². The molecule has 1 atom stereocenters. The van der Waals surface area contributed by atoms with Crippen LogP contribution in [0.15, 0.2) is 23.1 Å². The quantitative estimate of drug-likeness (QED) is 0.840. The lowest BCUT2D eigenvalue weighted by atomic mass is 10.2. The van der Waals surface area contributed by atoms with E-state index in [9.17, 15) is 8.42 Å². The maximum atomic E-state index is 12.0. The minimum Gasteiger partial charge on any atom is -0.210 e. The van der Waals surface area contributed by atoms with E-state index in [0.29, 0.717) is 4.90 Å². The molecule has 0 saturated heterocycles. The average Bonchev–Trinajstić information content (AvgIpc) is 2.25. The molecule has 1 N–H and O–H groups in total. The molecule has 0 spiro atoms. The number of sulfonamides is 1. The van der Waals surface area contributed by atoms with Crippen LogP contribution in [-0.4, -0.2) is 20.3 Å². The van der Waals surface area contributed by atoms with Gasteiger partial charge in [0.05, 0.1) is 4.90 Å². The standard InChI is InChI=1S/C12H18ClNO2S/c1-4-11(13)8-14-17(15,16)12-6-5-9(2)7-10(12)3/h5-7,11,14H,4,8H2,1-3H3. The van der Waals surface area contributed by atoms with Gasteiger partial charge in [-0.3, -0.25) is 0 Å². The van der Waals surface area contributed by atoms with Gasteiger partial charge in [-0.1, -0.05) is 24.6 Å². The van der Waals surface area contributed by atoms with Crippen LogP contribution in [0.1, 0.15) is 24.5 Å². The molecule has 0 radical (unpaired) electrons. The maximum Gasteiger partial charge on any atom is 0.240 e. The zero-order chi connectivity index (χ0) is 13.1. The number of hydrogen-bond donors (Lipinski definition) is 1. The molecule has 0 saturated carbocycles. The van der Waals surface area contributed by atoms with E-state index in [1.54, 1.807) is 19.1 Å². The molecular weight excluding hydrogens is 258 g/mol. The molecule has 3 nitrogen and oxygen atoms in total. The van der Waals surface area contributed by atoms with Crippen molar-refractivity contribution in [3.63, 3.8) is 0 Å². The molecule has 0 aliphatic rings. The normalized spacial score (nSPS) is 13.6. The van der Waals surface area contributed by atoms with Gasteiger partial charge in [-0.05, 0) is 31.9 Å². The Morgan fingerprint density at radius 2 is 2.00 bits per heavy atom. The molecule has 1 rings (SSSR count). The average molecular weight is 276 g/mol. The maximum absolute atomic E-state index is 12.0. The van der Waals surface area contributed by atoms with Crippen molar-refractivity contribution in [2.75, 3.05) is 6.54 Å². The number of aryl methyl sites for hydroxylation is 2. The fourth-order valence-corrected chi connectivity index (χ4v) is 3.00. The second-order valence-corrected chi connectivity index (χ2v) is 6.48. The number of hydrogen-bond acceptors (Lipinski definition) is 2. The second kappa shape index (κ2) is 5.85. The van der Waals surface area contributed by atoms with E-state index in [2.05, 4.69) is 4.72 Å². The van der Waals surface area contributed by atoms with E-state index >= 15 is 0 Å². The summed E-state index contributed by atoms with van der Waals surface area (Å²) in [6.07, 6.45) is 0.733. The van der Waals surface area contributed by atoms with Crippen molar-refractivity contribution in [2.45, 2.75) is 37.5 Å². The summed E-state index contributed by atoms with van der Waals surface area (Å²) >= 11 is 5.90. The van der Waals surface area contributed by atoms with Gasteiger partial charge < -0.3 is 0 Å². The van der Waals surface area contributed by atoms with Crippen molar-refractivity contribution in [1.82, 2.24) is 4.72 Å². The first kappa shape index (κ1) is 14.5. The molecule has 0 aliphatic carbocycles. The Morgan fingerprint density at radius 1 is 1.35 bits per heavy atom. The van der Waals surface area contributed by atoms with Crippen LogP contribution in [0.3, 0.4) is 0 Å². The molecule has 96 valence electrons. The number of benzene rings is 1. The Hall–Kier alpha value is -0.580. The van der Waals surface area contributed by atoms with Crippen molar-refractivity contribution in [1.29, 1.82) is 0 Å². The summed E-state index contributed by atoms with van der Waals surface area (Å²) in [5.41, 5.74) is 1.80. The predicted octanol–water partition coefficient (Wildman–Crippen LogP) is 2.60. The number of alkyl halides is 1. The van der Waals surface area contributed by atoms with Gasteiger partial charge in [-0.2, -0.15) is 0 Å². The van der Waals surface area contributed by atoms with Crippen molar-refractivity contribution < 1.29 is 8.42 Å². The fraction of sp³-hybridized carbons (Fsp3) is 0.500. The molecule has 0 aromatic heterocycles. The van der Waals surface area contributed by atoms with Gasteiger partial charge in [0.1, 0.15) is 0 Å². The van der Waals surface area contributed by atoms with Crippen LogP contribution >= 0.6 is 11.6 Å². The molecule has 1 unspecified atom stereocenters. The van der Waals surface area contributed by atoms with Gasteiger partial charge in [-0.15, -0.1) is 11.6 Å². The predicted molar refractivity (Wildman–Crippen MR) is 71.0 cm³/mol. The topological polar surface area (TPSA) is 46.2 Å². The van der Waals surface area contributed by atoms with E-state index in [-0.39, 0.29) is 11.9 Å². The Bertz CT molecular complexity index is 485. The van der Waals surface area contributed by atoms with Gasteiger partial charge in [0.15, 0.2) is 0 Å². The summed E-state index contributed by atoms with van der Waals surface area (Å²) < 4.78 is 26.6. The minimum absolute atomic E-state index is 0.171. The Balaban J connectivity index is 2.90. The first-order valence-electron chi connectivity index (χ1n) is 5.57. The third-order valence-electron chi connectivity index (χ3n) is 2.56. The van der Waals surface area contributed by atoms with Crippen LogP contribution in [0.4, 0.5) is 0 Å². The van der Waals surface area contributed by atoms with Crippen LogP contribution in [0.5, 0.6) is 0 Å². The molecule has 0 bridgehead atoms. The summed E-state index contributed by atoms with van der Waals surface area (Å²) in [5.74, 6) is 0. The van der Waals surface area contributed by atoms with Gasteiger partial charge in [0.2, 0.25) is 10.0 Å². The highest BCUT2D eigenvalue weighted by Gasteiger charge is 2.17. The van der Waals surface area contributed by atoms with Crippen LogP contribution in [0.2, 0.25) is 0 Å². The fourth-order valence-electron chi connectivity index (χ4n) is 1.52. The number of halogens is 1. The van der Waals surface area contributed by atoms with Crippen LogP contribution in [-0.2, 0) is 10.0 Å². The van der Waals surface area contributed by atoms with Gasteiger partial charge in [-0.25, -0.2) is 13.1 Å². The van der Waals surface area contributed by atoms with E-state index in [0.717, 1.165) is 17.5 Å². The third kappa shape index (κ3) is 3.98. The molecule has 1 aromatic carbocycles. The highest BCUT2D eigenvalue weighted by molar-refractivity contribution is 7.89. The van der Waals surface area contributed by atoms with Crippen molar-refractivity contribution in [2.24, 2.45) is 0 Å². The molecule has 5 heteroatoms. The number of nitrogens with one attached hydrogen (secondary N) is 1. The van der Waals surface area contributed by atoms with E-state index < -0.39 is 10.0 Å². The SMILES string of the molecule is CCC(Cl)CNS(=O)(=O)c1ccc(C)cc1C. The smallest absolute Gasteiger partial charge is 0.210 e. The Kier molecular flexibility index (Phi) is 4.98. The molecule has 0 heterocycles. The first-order chi connectivity index (χ1) is 7.86. The molecule has 17 heavy (non-hydrogen) atoms. The first-order valence-corrected chi connectivity index (χ1v) is 7.49. The van der Waals surface area contributed by atoms with Gasteiger partial charge in [0, 0.05) is 11.9 Å². The van der Waals surface area contributed by atoms with Crippen molar-refractivity contribution in [3.8, 4) is 0 Å². The van der Waals surface area contributed by atoms with Crippen LogP contribution in [0, 0.1) is 13.8 Å². The van der Waals surface area contributed by atoms with Gasteiger partial charge >= 0.3 is 0 Å². The van der Waals surface area contributed by atoms with Crippen molar-refractivity contribution >= 4 is 21.6 Å².